The number of hydroxylamine groups is 1. The molecule has 2 aromatic carbocycles. The van der Waals surface area contributed by atoms with Crippen LogP contribution in [0.1, 0.15) is 36.0 Å². The summed E-state index contributed by atoms with van der Waals surface area (Å²) >= 11 is 0. The number of anilines is 2. The van der Waals surface area contributed by atoms with Gasteiger partial charge in [-0.3, -0.25) is 14.8 Å². The van der Waals surface area contributed by atoms with Gasteiger partial charge in [0.1, 0.15) is 5.82 Å². The fraction of sp³-hybridized carbons (Fsp3) is 0.286. The van der Waals surface area contributed by atoms with Gasteiger partial charge in [0.25, 0.3) is 5.91 Å². The highest BCUT2D eigenvalue weighted by molar-refractivity contribution is 5.94. The van der Waals surface area contributed by atoms with Gasteiger partial charge in [0.05, 0.1) is 5.69 Å². The second-order valence-corrected chi connectivity index (χ2v) is 6.87. The molecule has 0 aliphatic heterocycles. The molecule has 0 fully saturated rings. The molecule has 2 rings (SSSR count). The van der Waals surface area contributed by atoms with Crippen LogP contribution in [0.4, 0.5) is 20.6 Å². The zero-order chi connectivity index (χ0) is 22.6. The van der Waals surface area contributed by atoms with E-state index >= 15 is 0 Å². The molecular formula is C21H26FN5O4. The smallest absolute Gasteiger partial charge is 0.319 e. The predicted molar refractivity (Wildman–Crippen MR) is 114 cm³/mol. The van der Waals surface area contributed by atoms with Gasteiger partial charge in [-0.1, -0.05) is 18.2 Å². The number of rotatable bonds is 10. The van der Waals surface area contributed by atoms with Crippen molar-refractivity contribution in [2.24, 2.45) is 0 Å². The molecule has 4 amide bonds. The molecule has 0 bridgehead atoms. The van der Waals surface area contributed by atoms with Crippen molar-refractivity contribution in [1.82, 2.24) is 16.1 Å². The van der Waals surface area contributed by atoms with Crippen LogP contribution in [0.5, 0.6) is 0 Å². The van der Waals surface area contributed by atoms with E-state index in [4.69, 9.17) is 10.9 Å². The van der Waals surface area contributed by atoms with Crippen LogP contribution in [-0.2, 0) is 4.79 Å². The molecule has 0 aliphatic carbocycles. The molecule has 0 saturated carbocycles. The molecule has 1 atom stereocenters. The molecular weight excluding hydrogens is 405 g/mol. The summed E-state index contributed by atoms with van der Waals surface area (Å²) in [7, 11) is 0. The van der Waals surface area contributed by atoms with Gasteiger partial charge in [-0.25, -0.2) is 14.7 Å². The summed E-state index contributed by atoms with van der Waals surface area (Å²) in [5.41, 5.74) is 7.82. The number of nitrogens with two attached hydrogens (primary N) is 1. The summed E-state index contributed by atoms with van der Waals surface area (Å²) in [4.78, 5) is 35.7. The van der Waals surface area contributed by atoms with E-state index in [1.807, 2.05) is 6.07 Å². The number of hydrogen-bond acceptors (Lipinski definition) is 5. The zero-order valence-corrected chi connectivity index (χ0v) is 16.9. The van der Waals surface area contributed by atoms with E-state index in [9.17, 15) is 18.8 Å². The maximum atomic E-state index is 13.3. The fourth-order valence-corrected chi connectivity index (χ4v) is 2.87. The standard InChI is InChI=1S/C21H26FN5O4/c22-17-10-8-16(13-18(17)23)26-21(30)25-15(9-11-19(28)27-31)7-4-12-24-20(29)14-5-2-1-3-6-14/h1-3,5-6,8,10,13,15,31H,4,7,9,11-12,23H2,(H,24,29)(H,27,28)(H2,25,26,30). The third-order valence-corrected chi connectivity index (χ3v) is 4.48. The number of urea groups is 1. The third-order valence-electron chi connectivity index (χ3n) is 4.48. The van der Waals surface area contributed by atoms with Gasteiger partial charge >= 0.3 is 6.03 Å². The highest BCUT2D eigenvalue weighted by atomic mass is 19.1. The summed E-state index contributed by atoms with van der Waals surface area (Å²) in [6.45, 7) is 0.383. The van der Waals surface area contributed by atoms with Gasteiger partial charge in [0.2, 0.25) is 5.91 Å². The van der Waals surface area contributed by atoms with Crippen molar-refractivity contribution in [3.63, 3.8) is 0 Å². The van der Waals surface area contributed by atoms with E-state index in [1.165, 1.54) is 12.1 Å². The van der Waals surface area contributed by atoms with Crippen molar-refractivity contribution in [3.05, 3.63) is 59.9 Å². The topological polar surface area (TPSA) is 146 Å². The minimum atomic E-state index is -0.587. The Kier molecular flexibility index (Phi) is 9.24. The van der Waals surface area contributed by atoms with Crippen molar-refractivity contribution in [1.29, 1.82) is 0 Å². The summed E-state index contributed by atoms with van der Waals surface area (Å²) in [6, 6.07) is 11.6. The molecule has 31 heavy (non-hydrogen) atoms. The molecule has 1 unspecified atom stereocenters. The Morgan fingerprint density at radius 2 is 1.81 bits per heavy atom. The number of carbonyl (C=O) groups excluding carboxylic acids is 3. The lowest BCUT2D eigenvalue weighted by atomic mass is 10.1. The second-order valence-electron chi connectivity index (χ2n) is 6.87. The highest BCUT2D eigenvalue weighted by Gasteiger charge is 2.15. The molecule has 7 N–H and O–H groups in total. The minimum absolute atomic E-state index is 0.00131. The normalized spacial score (nSPS) is 11.3. The van der Waals surface area contributed by atoms with E-state index < -0.39 is 23.8 Å². The monoisotopic (exact) mass is 431 g/mol. The van der Waals surface area contributed by atoms with Crippen LogP contribution < -0.4 is 27.2 Å². The van der Waals surface area contributed by atoms with E-state index in [0.29, 0.717) is 30.6 Å². The molecule has 0 saturated heterocycles. The minimum Gasteiger partial charge on any atom is -0.396 e. The molecule has 166 valence electrons. The number of benzene rings is 2. The Hall–Kier alpha value is -3.66. The van der Waals surface area contributed by atoms with Crippen LogP contribution in [0.15, 0.2) is 48.5 Å². The van der Waals surface area contributed by atoms with Crippen molar-refractivity contribution in [2.45, 2.75) is 31.7 Å². The van der Waals surface area contributed by atoms with Crippen molar-refractivity contribution < 1.29 is 24.0 Å². The van der Waals surface area contributed by atoms with Crippen LogP contribution in [0, 0.1) is 5.82 Å². The number of halogens is 1. The molecule has 0 aromatic heterocycles. The molecule has 2 aromatic rings. The van der Waals surface area contributed by atoms with Crippen LogP contribution in [0.25, 0.3) is 0 Å². The van der Waals surface area contributed by atoms with Gasteiger partial charge < -0.3 is 21.7 Å². The average molecular weight is 431 g/mol. The van der Waals surface area contributed by atoms with Gasteiger partial charge in [0, 0.05) is 30.3 Å². The van der Waals surface area contributed by atoms with Gasteiger partial charge in [-0.2, -0.15) is 0 Å². The van der Waals surface area contributed by atoms with Gasteiger partial charge in [-0.05, 0) is 49.6 Å². The molecule has 10 heteroatoms. The Bertz CT molecular complexity index is 895. The lowest BCUT2D eigenvalue weighted by Gasteiger charge is -2.19. The van der Waals surface area contributed by atoms with Crippen molar-refractivity contribution in [2.75, 3.05) is 17.6 Å². The van der Waals surface area contributed by atoms with E-state index in [1.54, 1.807) is 29.7 Å². The Morgan fingerprint density at radius 1 is 1.06 bits per heavy atom. The molecule has 0 radical (unpaired) electrons. The third kappa shape index (κ3) is 8.31. The summed E-state index contributed by atoms with van der Waals surface area (Å²) < 4.78 is 13.3. The number of amides is 4. The summed E-state index contributed by atoms with van der Waals surface area (Å²) in [5, 5.41) is 16.8. The Morgan fingerprint density at radius 3 is 2.48 bits per heavy atom. The van der Waals surface area contributed by atoms with Crippen LogP contribution in [-0.4, -0.2) is 35.6 Å². The lowest BCUT2D eigenvalue weighted by molar-refractivity contribution is -0.129. The van der Waals surface area contributed by atoms with Gasteiger partial charge in [0.15, 0.2) is 0 Å². The molecule has 0 spiro atoms. The SMILES string of the molecule is Nc1cc(NC(=O)NC(CCCNC(=O)c2ccccc2)CCC(=O)NO)ccc1F. The number of nitrogen functional groups attached to an aromatic ring is 1. The van der Waals surface area contributed by atoms with Gasteiger partial charge in [-0.15, -0.1) is 0 Å². The number of carbonyl (C=O) groups is 3. The Balaban J connectivity index is 1.85. The fourth-order valence-electron chi connectivity index (χ4n) is 2.87. The first-order valence-electron chi connectivity index (χ1n) is 9.77. The first-order chi connectivity index (χ1) is 14.9. The average Bonchev–Trinajstić information content (AvgIpc) is 2.77. The van der Waals surface area contributed by atoms with Crippen molar-refractivity contribution >= 4 is 29.2 Å². The maximum absolute atomic E-state index is 13.3. The zero-order valence-electron chi connectivity index (χ0n) is 16.9. The molecule has 9 nitrogen and oxygen atoms in total. The van der Waals surface area contributed by atoms with Crippen LogP contribution >= 0.6 is 0 Å². The van der Waals surface area contributed by atoms with Crippen LogP contribution in [0.3, 0.4) is 0 Å². The summed E-state index contributed by atoms with van der Waals surface area (Å²) in [6.07, 6.45) is 1.31. The van der Waals surface area contributed by atoms with E-state index in [0.717, 1.165) is 6.07 Å². The summed E-state index contributed by atoms with van der Waals surface area (Å²) in [5.74, 6) is -1.36. The highest BCUT2D eigenvalue weighted by Crippen LogP contribution is 2.16. The second kappa shape index (κ2) is 12.1. The molecule has 0 heterocycles. The Labute approximate surface area is 179 Å². The first kappa shape index (κ1) is 23.6. The lowest BCUT2D eigenvalue weighted by Crippen LogP contribution is -2.39. The largest absolute Gasteiger partial charge is 0.396 e. The molecule has 0 aliphatic rings. The van der Waals surface area contributed by atoms with E-state index in [-0.39, 0.29) is 24.4 Å². The quantitative estimate of drug-likeness (QED) is 0.148. The van der Waals surface area contributed by atoms with Crippen LogP contribution in [0.2, 0.25) is 0 Å². The van der Waals surface area contributed by atoms with Crippen molar-refractivity contribution in [3.8, 4) is 0 Å². The number of nitrogens with one attached hydrogen (secondary N) is 4. The maximum Gasteiger partial charge on any atom is 0.319 e. The number of hydrogen-bond donors (Lipinski definition) is 6. The van der Waals surface area contributed by atoms with E-state index in [2.05, 4.69) is 16.0 Å². The first-order valence-corrected chi connectivity index (χ1v) is 9.77. The predicted octanol–water partition coefficient (Wildman–Crippen LogP) is 2.39.